The quantitative estimate of drug-likeness (QED) is 0.922. The molecule has 4 rings (SSSR count). The number of likely N-dealkylation sites (tertiary alicyclic amines) is 1. The molecule has 0 unspecified atom stereocenters. The van der Waals surface area contributed by atoms with E-state index in [9.17, 15) is 9.59 Å². The lowest BCUT2D eigenvalue weighted by molar-refractivity contribution is 0.0721. The summed E-state index contributed by atoms with van der Waals surface area (Å²) >= 11 is 0. The number of carbonyl (C=O) groups excluding carboxylic acids is 2. The maximum atomic E-state index is 13.0. The third kappa shape index (κ3) is 3.09. The summed E-state index contributed by atoms with van der Waals surface area (Å²) in [5, 5.41) is 7.03. The van der Waals surface area contributed by atoms with Gasteiger partial charge in [0.15, 0.2) is 0 Å². The van der Waals surface area contributed by atoms with Gasteiger partial charge < -0.3 is 10.2 Å². The predicted molar refractivity (Wildman–Crippen MR) is 93.5 cm³/mol. The van der Waals surface area contributed by atoms with Crippen LogP contribution < -0.4 is 10.2 Å². The number of amides is 3. The van der Waals surface area contributed by atoms with Crippen molar-refractivity contribution in [2.24, 2.45) is 0 Å². The Balaban J connectivity index is 1.52. The zero-order valence-electron chi connectivity index (χ0n) is 14.0. The second-order valence-electron chi connectivity index (χ2n) is 6.46. The third-order valence-corrected chi connectivity index (χ3v) is 4.86. The second-order valence-corrected chi connectivity index (χ2v) is 6.46. The Morgan fingerprint density at radius 2 is 2.20 bits per heavy atom. The molecular formula is C18H21N5O2. The molecular weight excluding hydrogens is 318 g/mol. The molecule has 7 heteroatoms. The topological polar surface area (TPSA) is 70.5 Å². The average molecular weight is 339 g/mol. The summed E-state index contributed by atoms with van der Waals surface area (Å²) < 4.78 is 1.88. The molecule has 25 heavy (non-hydrogen) atoms. The fourth-order valence-corrected chi connectivity index (χ4v) is 3.61. The minimum Gasteiger partial charge on any atom is -0.336 e. The number of anilines is 1. The molecule has 130 valence electrons. The van der Waals surface area contributed by atoms with Gasteiger partial charge in [-0.3, -0.25) is 14.4 Å². The van der Waals surface area contributed by atoms with Gasteiger partial charge >= 0.3 is 6.03 Å². The fourth-order valence-electron chi connectivity index (χ4n) is 3.61. The van der Waals surface area contributed by atoms with Crippen LogP contribution in [0.25, 0.3) is 0 Å². The highest BCUT2D eigenvalue weighted by molar-refractivity contribution is 5.98. The molecule has 1 aromatic carbocycles. The molecule has 1 aromatic heterocycles. The first-order valence-electron chi connectivity index (χ1n) is 8.66. The van der Waals surface area contributed by atoms with E-state index in [2.05, 4.69) is 10.4 Å². The Morgan fingerprint density at radius 1 is 1.28 bits per heavy atom. The largest absolute Gasteiger partial charge is 0.336 e. The molecule has 0 radical (unpaired) electrons. The number of benzene rings is 1. The molecule has 0 aliphatic carbocycles. The van der Waals surface area contributed by atoms with Crippen molar-refractivity contribution >= 4 is 17.6 Å². The Labute approximate surface area is 146 Å². The number of rotatable bonds is 4. The average Bonchev–Trinajstić information content (AvgIpc) is 3.37. The van der Waals surface area contributed by atoms with Crippen LogP contribution in [0.15, 0.2) is 42.7 Å². The summed E-state index contributed by atoms with van der Waals surface area (Å²) in [6.07, 6.45) is 5.67. The summed E-state index contributed by atoms with van der Waals surface area (Å²) in [5.41, 5.74) is 1.40. The molecule has 2 saturated heterocycles. The summed E-state index contributed by atoms with van der Waals surface area (Å²) in [6.45, 7) is 2.74. The van der Waals surface area contributed by atoms with Gasteiger partial charge in [0.2, 0.25) is 0 Å². The van der Waals surface area contributed by atoms with E-state index in [1.54, 1.807) is 11.1 Å². The van der Waals surface area contributed by atoms with Crippen LogP contribution in [0.5, 0.6) is 0 Å². The van der Waals surface area contributed by atoms with E-state index in [0.717, 1.165) is 25.1 Å². The number of hydrogen-bond donors (Lipinski definition) is 1. The number of urea groups is 1. The summed E-state index contributed by atoms with van der Waals surface area (Å²) in [6, 6.07) is 9.29. The molecule has 0 saturated carbocycles. The molecule has 2 aromatic rings. The Bertz CT molecular complexity index is 774. The summed E-state index contributed by atoms with van der Waals surface area (Å²) in [7, 11) is 0. The van der Waals surface area contributed by atoms with E-state index in [1.807, 2.05) is 46.1 Å². The molecule has 2 fully saturated rings. The predicted octanol–water partition coefficient (Wildman–Crippen LogP) is 1.72. The van der Waals surface area contributed by atoms with Crippen LogP contribution in [0.4, 0.5) is 10.5 Å². The number of aromatic nitrogens is 2. The van der Waals surface area contributed by atoms with Crippen LogP contribution in [-0.2, 0) is 6.54 Å². The van der Waals surface area contributed by atoms with E-state index in [1.165, 1.54) is 0 Å². The first-order chi connectivity index (χ1) is 12.2. The van der Waals surface area contributed by atoms with Crippen molar-refractivity contribution in [3.63, 3.8) is 0 Å². The molecule has 1 N–H and O–H groups in total. The van der Waals surface area contributed by atoms with Crippen molar-refractivity contribution in [1.29, 1.82) is 0 Å². The first kappa shape index (κ1) is 15.7. The molecule has 2 aliphatic heterocycles. The van der Waals surface area contributed by atoms with Crippen molar-refractivity contribution in [2.75, 3.05) is 24.5 Å². The Hall–Kier alpha value is -2.83. The summed E-state index contributed by atoms with van der Waals surface area (Å²) in [4.78, 5) is 28.5. The molecule has 3 heterocycles. The van der Waals surface area contributed by atoms with Crippen molar-refractivity contribution < 1.29 is 9.59 Å². The molecule has 0 bridgehead atoms. The van der Waals surface area contributed by atoms with Crippen molar-refractivity contribution in [3.05, 3.63) is 48.3 Å². The zero-order chi connectivity index (χ0) is 17.2. The fraction of sp³-hybridized carbons (Fsp3) is 0.389. The number of hydrogen-bond acceptors (Lipinski definition) is 3. The summed E-state index contributed by atoms with van der Waals surface area (Å²) in [5.74, 6) is 0.0242. The van der Waals surface area contributed by atoms with Gasteiger partial charge in [-0.25, -0.2) is 4.79 Å². The number of nitrogens with zero attached hydrogens (tertiary/aromatic N) is 4. The Morgan fingerprint density at radius 3 is 2.96 bits per heavy atom. The maximum absolute atomic E-state index is 13.0. The van der Waals surface area contributed by atoms with E-state index in [4.69, 9.17) is 0 Å². The second kappa shape index (κ2) is 6.58. The van der Waals surface area contributed by atoms with Gasteiger partial charge in [-0.05, 0) is 37.1 Å². The number of carbonyl (C=O) groups is 2. The smallest absolute Gasteiger partial charge is 0.321 e. The highest BCUT2D eigenvalue weighted by Gasteiger charge is 2.30. The lowest BCUT2D eigenvalue weighted by Crippen LogP contribution is -2.38. The van der Waals surface area contributed by atoms with Crippen LogP contribution in [0.1, 0.15) is 23.2 Å². The van der Waals surface area contributed by atoms with Crippen molar-refractivity contribution in [2.45, 2.75) is 25.4 Å². The van der Waals surface area contributed by atoms with Crippen LogP contribution in [0.2, 0.25) is 0 Å². The van der Waals surface area contributed by atoms with Gasteiger partial charge in [-0.1, -0.05) is 6.07 Å². The monoisotopic (exact) mass is 339 g/mol. The van der Waals surface area contributed by atoms with Gasteiger partial charge in [0, 0.05) is 43.3 Å². The minimum atomic E-state index is -0.109. The molecule has 3 amide bonds. The van der Waals surface area contributed by atoms with Crippen LogP contribution in [0.3, 0.4) is 0 Å². The highest BCUT2D eigenvalue weighted by atomic mass is 16.2. The molecule has 1 atom stereocenters. The van der Waals surface area contributed by atoms with Crippen LogP contribution in [-0.4, -0.2) is 52.3 Å². The van der Waals surface area contributed by atoms with Gasteiger partial charge in [0.25, 0.3) is 5.91 Å². The standard InChI is InChI=1S/C18H21N5O2/c24-17(22-10-2-6-16(22)13-21-9-3-7-20-21)14-4-1-5-15(12-14)23-11-8-19-18(23)25/h1,3-5,7,9,12,16H,2,6,8,10-11,13H2,(H,19,25)/t16-/m0/s1. The van der Waals surface area contributed by atoms with Crippen molar-refractivity contribution in [1.82, 2.24) is 20.0 Å². The lowest BCUT2D eigenvalue weighted by atomic mass is 10.1. The third-order valence-electron chi connectivity index (χ3n) is 4.86. The van der Waals surface area contributed by atoms with Crippen molar-refractivity contribution in [3.8, 4) is 0 Å². The number of nitrogens with one attached hydrogen (secondary N) is 1. The van der Waals surface area contributed by atoms with Crippen LogP contribution in [0, 0.1) is 0 Å². The van der Waals surface area contributed by atoms with Gasteiger partial charge in [0.1, 0.15) is 0 Å². The van der Waals surface area contributed by atoms with Crippen LogP contribution >= 0.6 is 0 Å². The molecule has 2 aliphatic rings. The molecule has 0 spiro atoms. The van der Waals surface area contributed by atoms with Gasteiger partial charge in [0.05, 0.1) is 12.6 Å². The van der Waals surface area contributed by atoms with Gasteiger partial charge in [-0.15, -0.1) is 0 Å². The van der Waals surface area contributed by atoms with E-state index in [-0.39, 0.29) is 18.0 Å². The molecule has 7 nitrogen and oxygen atoms in total. The minimum absolute atomic E-state index is 0.0242. The zero-order valence-corrected chi connectivity index (χ0v) is 14.0. The van der Waals surface area contributed by atoms with E-state index < -0.39 is 0 Å². The van der Waals surface area contributed by atoms with Gasteiger partial charge in [-0.2, -0.15) is 5.10 Å². The first-order valence-corrected chi connectivity index (χ1v) is 8.66. The lowest BCUT2D eigenvalue weighted by Gasteiger charge is -2.25. The van der Waals surface area contributed by atoms with E-state index >= 15 is 0 Å². The maximum Gasteiger partial charge on any atom is 0.321 e. The Kier molecular flexibility index (Phi) is 4.13. The highest BCUT2D eigenvalue weighted by Crippen LogP contribution is 2.24. The normalized spacial score (nSPS) is 20.2. The van der Waals surface area contributed by atoms with E-state index in [0.29, 0.717) is 25.2 Å². The SMILES string of the molecule is O=C1NCCN1c1cccc(C(=O)N2CCC[C@H]2Cn2cccn2)c1.